The number of nitrogens with zero attached hydrogens (tertiary/aromatic N) is 1. The topological polar surface area (TPSA) is 30.0 Å². The van der Waals surface area contributed by atoms with Crippen molar-refractivity contribution in [3.05, 3.63) is 30.1 Å². The van der Waals surface area contributed by atoms with Gasteiger partial charge in [-0.1, -0.05) is 45.6 Å². The lowest BCUT2D eigenvalue weighted by Crippen LogP contribution is -2.11. The Kier molecular flexibility index (Phi) is 6.53. The van der Waals surface area contributed by atoms with Gasteiger partial charge in [-0.2, -0.15) is 0 Å². The second-order valence-electron chi connectivity index (χ2n) is 4.66. The van der Waals surface area contributed by atoms with Crippen molar-refractivity contribution in [3.8, 4) is 0 Å². The van der Waals surface area contributed by atoms with E-state index in [9.17, 15) is 4.79 Å². The van der Waals surface area contributed by atoms with E-state index in [4.69, 9.17) is 0 Å². The van der Waals surface area contributed by atoms with Crippen LogP contribution in [0, 0.1) is 5.92 Å². The minimum absolute atomic E-state index is 0.326. The van der Waals surface area contributed by atoms with Crippen LogP contribution in [0.25, 0.3) is 0 Å². The Morgan fingerprint density at radius 3 is 2.76 bits per heavy atom. The van der Waals surface area contributed by atoms with E-state index < -0.39 is 0 Å². The first-order valence-electron chi connectivity index (χ1n) is 6.67. The smallest absolute Gasteiger partial charge is 0.139 e. The van der Waals surface area contributed by atoms with E-state index in [2.05, 4.69) is 18.8 Å². The van der Waals surface area contributed by atoms with Crippen LogP contribution in [0.15, 0.2) is 24.4 Å². The van der Waals surface area contributed by atoms with Crippen molar-refractivity contribution >= 4 is 5.78 Å². The average Bonchev–Trinajstić information content (AvgIpc) is 2.35. The zero-order chi connectivity index (χ0) is 12.5. The Labute approximate surface area is 104 Å². The number of carbonyl (C=O) groups excluding carboxylic acids is 1. The molecule has 0 bridgehead atoms. The lowest BCUT2D eigenvalue weighted by Gasteiger charge is -2.13. The molecule has 0 fully saturated rings. The number of rotatable bonds is 8. The van der Waals surface area contributed by atoms with Crippen LogP contribution in [0.4, 0.5) is 0 Å². The third kappa shape index (κ3) is 5.62. The summed E-state index contributed by atoms with van der Waals surface area (Å²) in [6.07, 6.45) is 7.68. The van der Waals surface area contributed by atoms with Gasteiger partial charge in [-0.3, -0.25) is 9.78 Å². The average molecular weight is 233 g/mol. The Morgan fingerprint density at radius 2 is 2.18 bits per heavy atom. The summed E-state index contributed by atoms with van der Waals surface area (Å²) in [5.41, 5.74) is 0.892. The zero-order valence-electron chi connectivity index (χ0n) is 11.0. The van der Waals surface area contributed by atoms with Crippen LogP contribution in [-0.4, -0.2) is 10.8 Å². The van der Waals surface area contributed by atoms with Crippen molar-refractivity contribution in [2.24, 2.45) is 5.92 Å². The Morgan fingerprint density at radius 1 is 1.35 bits per heavy atom. The molecule has 2 nitrogen and oxygen atoms in total. The van der Waals surface area contributed by atoms with Gasteiger partial charge in [-0.15, -0.1) is 0 Å². The monoisotopic (exact) mass is 233 g/mol. The molecule has 1 aromatic rings. The quantitative estimate of drug-likeness (QED) is 0.683. The molecule has 0 aliphatic heterocycles. The summed E-state index contributed by atoms with van der Waals surface area (Å²) in [4.78, 5) is 16.1. The maximum atomic E-state index is 11.9. The van der Waals surface area contributed by atoms with Crippen molar-refractivity contribution in [1.29, 1.82) is 0 Å². The molecule has 1 rings (SSSR count). The van der Waals surface area contributed by atoms with Gasteiger partial charge in [0.1, 0.15) is 5.78 Å². The van der Waals surface area contributed by atoms with Gasteiger partial charge < -0.3 is 0 Å². The molecule has 0 N–H and O–H groups in total. The lowest BCUT2D eigenvalue weighted by molar-refractivity contribution is -0.119. The highest BCUT2D eigenvalue weighted by Crippen LogP contribution is 2.17. The molecule has 0 aliphatic carbocycles. The molecule has 0 spiro atoms. The predicted molar refractivity (Wildman–Crippen MR) is 70.9 cm³/mol. The number of hydrogen-bond acceptors (Lipinski definition) is 2. The van der Waals surface area contributed by atoms with Crippen LogP contribution in [0.5, 0.6) is 0 Å². The zero-order valence-corrected chi connectivity index (χ0v) is 11.0. The van der Waals surface area contributed by atoms with Crippen molar-refractivity contribution in [2.45, 2.75) is 52.4 Å². The third-order valence-corrected chi connectivity index (χ3v) is 3.16. The number of aromatic nitrogens is 1. The second kappa shape index (κ2) is 7.99. The highest BCUT2D eigenvalue weighted by Gasteiger charge is 2.12. The van der Waals surface area contributed by atoms with E-state index in [0.717, 1.165) is 12.1 Å². The molecule has 0 saturated heterocycles. The molecule has 17 heavy (non-hydrogen) atoms. The standard InChI is InChI=1S/C15H23NO/c1-3-5-8-13(4-2)11-15(17)12-14-9-6-7-10-16-14/h6-7,9-10,13H,3-5,8,11-12H2,1-2H3. The largest absolute Gasteiger partial charge is 0.299 e. The summed E-state index contributed by atoms with van der Waals surface area (Å²) in [6.45, 7) is 4.37. The summed E-state index contributed by atoms with van der Waals surface area (Å²) in [7, 11) is 0. The highest BCUT2D eigenvalue weighted by atomic mass is 16.1. The normalized spacial score (nSPS) is 12.4. The second-order valence-corrected chi connectivity index (χ2v) is 4.66. The summed E-state index contributed by atoms with van der Waals surface area (Å²) < 4.78 is 0. The molecule has 2 heteroatoms. The van der Waals surface area contributed by atoms with E-state index >= 15 is 0 Å². The molecule has 1 aromatic heterocycles. The number of Topliss-reactive ketones (excluding diaryl/α,β-unsaturated/α-hetero) is 1. The number of ketones is 1. The Balaban J connectivity index is 2.37. The molecule has 0 amide bonds. The molecule has 0 aliphatic rings. The van der Waals surface area contributed by atoms with Crippen LogP contribution in [0.3, 0.4) is 0 Å². The van der Waals surface area contributed by atoms with Crippen LogP contribution in [0.2, 0.25) is 0 Å². The Hall–Kier alpha value is -1.18. The fourth-order valence-corrected chi connectivity index (χ4v) is 2.04. The number of unbranched alkanes of at least 4 members (excludes halogenated alkanes) is 1. The number of pyridine rings is 1. The lowest BCUT2D eigenvalue weighted by atomic mass is 9.92. The first-order chi connectivity index (χ1) is 8.26. The molecule has 1 heterocycles. The van der Waals surface area contributed by atoms with Crippen LogP contribution < -0.4 is 0 Å². The van der Waals surface area contributed by atoms with Crippen LogP contribution in [-0.2, 0) is 11.2 Å². The predicted octanol–water partition coefficient (Wildman–Crippen LogP) is 3.80. The maximum Gasteiger partial charge on any atom is 0.139 e. The molecule has 0 radical (unpaired) electrons. The molecular formula is C15H23NO. The summed E-state index contributed by atoms with van der Waals surface area (Å²) >= 11 is 0. The van der Waals surface area contributed by atoms with Gasteiger partial charge in [0, 0.05) is 24.7 Å². The van der Waals surface area contributed by atoms with E-state index in [1.54, 1.807) is 6.20 Å². The van der Waals surface area contributed by atoms with E-state index in [1.165, 1.54) is 19.3 Å². The maximum absolute atomic E-state index is 11.9. The summed E-state index contributed by atoms with van der Waals surface area (Å²) in [6, 6.07) is 5.74. The molecular weight excluding hydrogens is 210 g/mol. The van der Waals surface area contributed by atoms with Crippen LogP contribution >= 0.6 is 0 Å². The Bertz CT molecular complexity index is 321. The van der Waals surface area contributed by atoms with Crippen LogP contribution in [0.1, 0.15) is 51.6 Å². The van der Waals surface area contributed by atoms with Gasteiger partial charge in [0.05, 0.1) is 0 Å². The van der Waals surface area contributed by atoms with Gasteiger partial charge in [0.15, 0.2) is 0 Å². The van der Waals surface area contributed by atoms with Crippen molar-refractivity contribution in [2.75, 3.05) is 0 Å². The van der Waals surface area contributed by atoms with Gasteiger partial charge in [-0.25, -0.2) is 0 Å². The SMILES string of the molecule is CCCCC(CC)CC(=O)Cc1ccccn1. The molecule has 1 unspecified atom stereocenters. The van der Waals surface area contributed by atoms with Crippen molar-refractivity contribution in [1.82, 2.24) is 4.98 Å². The summed E-state index contributed by atoms with van der Waals surface area (Å²) in [5.74, 6) is 0.887. The minimum Gasteiger partial charge on any atom is -0.299 e. The van der Waals surface area contributed by atoms with E-state index in [1.807, 2.05) is 18.2 Å². The highest BCUT2D eigenvalue weighted by molar-refractivity contribution is 5.80. The van der Waals surface area contributed by atoms with Crippen molar-refractivity contribution < 1.29 is 4.79 Å². The van der Waals surface area contributed by atoms with Crippen molar-refractivity contribution in [3.63, 3.8) is 0 Å². The van der Waals surface area contributed by atoms with Gasteiger partial charge in [0.2, 0.25) is 0 Å². The third-order valence-electron chi connectivity index (χ3n) is 3.16. The van der Waals surface area contributed by atoms with E-state index in [-0.39, 0.29) is 0 Å². The first kappa shape index (κ1) is 13.9. The molecule has 1 atom stereocenters. The van der Waals surface area contributed by atoms with E-state index in [0.29, 0.717) is 24.5 Å². The fraction of sp³-hybridized carbons (Fsp3) is 0.600. The fourth-order valence-electron chi connectivity index (χ4n) is 2.04. The molecule has 94 valence electrons. The van der Waals surface area contributed by atoms with Gasteiger partial charge in [0.25, 0.3) is 0 Å². The first-order valence-corrected chi connectivity index (χ1v) is 6.67. The van der Waals surface area contributed by atoms with Gasteiger partial charge >= 0.3 is 0 Å². The minimum atomic E-state index is 0.326. The number of hydrogen-bond donors (Lipinski definition) is 0. The number of carbonyl (C=O) groups is 1. The molecule has 0 aromatic carbocycles. The molecule has 0 saturated carbocycles. The van der Waals surface area contributed by atoms with Gasteiger partial charge in [-0.05, 0) is 18.1 Å². The summed E-state index contributed by atoms with van der Waals surface area (Å²) in [5, 5.41) is 0.